The number of hydrogen-bond acceptors (Lipinski definition) is 6. The van der Waals surface area contributed by atoms with Crippen LogP contribution in [0.15, 0.2) is 18.2 Å². The van der Waals surface area contributed by atoms with Gasteiger partial charge < -0.3 is 19.9 Å². The van der Waals surface area contributed by atoms with Crippen LogP contribution in [0.2, 0.25) is 0 Å². The zero-order valence-electron chi connectivity index (χ0n) is 17.8. The van der Waals surface area contributed by atoms with Crippen molar-refractivity contribution in [2.24, 2.45) is 5.41 Å². The zero-order chi connectivity index (χ0) is 21.0. The van der Waals surface area contributed by atoms with Crippen LogP contribution in [0, 0.1) is 5.41 Å². The van der Waals surface area contributed by atoms with Crippen molar-refractivity contribution in [3.05, 3.63) is 23.9 Å². The summed E-state index contributed by atoms with van der Waals surface area (Å²) in [6.07, 6.45) is 0. The molecular formula is C21H32N4O4. The maximum Gasteiger partial charge on any atom is 0.272 e. The predicted molar refractivity (Wildman–Crippen MR) is 111 cm³/mol. The lowest BCUT2D eigenvalue weighted by Gasteiger charge is -2.29. The Morgan fingerprint density at radius 2 is 2.03 bits per heavy atom. The smallest absolute Gasteiger partial charge is 0.272 e. The Hall–Kier alpha value is -2.16. The lowest BCUT2D eigenvalue weighted by molar-refractivity contribution is 0.0361. The summed E-state index contributed by atoms with van der Waals surface area (Å²) < 4.78 is 12.8. The molecule has 0 radical (unpaired) electrons. The van der Waals surface area contributed by atoms with Crippen molar-refractivity contribution in [2.45, 2.75) is 33.4 Å². The van der Waals surface area contributed by atoms with Crippen molar-refractivity contribution in [3.63, 3.8) is 0 Å². The predicted octanol–water partition coefficient (Wildman–Crippen LogP) is 1.51. The van der Waals surface area contributed by atoms with E-state index in [9.17, 15) is 9.90 Å². The number of para-hydroxylation sites is 1. The molecule has 160 valence electrons. The molecule has 1 aromatic heterocycles. The fraction of sp³-hybridized carbons (Fsp3) is 0.619. The minimum atomic E-state index is -0.367. The summed E-state index contributed by atoms with van der Waals surface area (Å²) in [5.41, 5.74) is 0.893. The first-order valence-corrected chi connectivity index (χ1v) is 10.1. The first-order chi connectivity index (χ1) is 13.8. The number of carbonyl (C=O) groups excluding carboxylic acids is 1. The van der Waals surface area contributed by atoms with Crippen molar-refractivity contribution in [1.29, 1.82) is 0 Å². The molecule has 3 rings (SSSR count). The molecule has 0 saturated carbocycles. The Bertz CT molecular complexity index is 837. The fourth-order valence-corrected chi connectivity index (χ4v) is 3.52. The van der Waals surface area contributed by atoms with E-state index in [1.165, 1.54) is 0 Å². The molecule has 0 aliphatic carbocycles. The molecule has 29 heavy (non-hydrogen) atoms. The summed E-state index contributed by atoms with van der Waals surface area (Å²) in [5, 5.41) is 18.0. The molecule has 8 nitrogen and oxygen atoms in total. The molecule has 1 aliphatic heterocycles. The highest BCUT2D eigenvalue weighted by molar-refractivity contribution is 6.06. The minimum Gasteiger partial charge on any atom is -0.494 e. The van der Waals surface area contributed by atoms with Crippen LogP contribution in [0.1, 0.15) is 31.3 Å². The van der Waals surface area contributed by atoms with Crippen molar-refractivity contribution in [3.8, 4) is 5.75 Å². The van der Waals surface area contributed by atoms with Crippen LogP contribution in [0.4, 0.5) is 0 Å². The number of ether oxygens (including phenoxy) is 2. The third-order valence-electron chi connectivity index (χ3n) is 5.43. The van der Waals surface area contributed by atoms with Crippen LogP contribution in [-0.4, -0.2) is 78.3 Å². The number of carbonyl (C=O) groups is 1. The summed E-state index contributed by atoms with van der Waals surface area (Å²) in [6, 6.07) is 5.26. The number of aliphatic hydroxyl groups excluding tert-OH is 1. The lowest BCUT2D eigenvalue weighted by atomic mass is 9.87. The van der Waals surface area contributed by atoms with Crippen LogP contribution < -0.4 is 10.1 Å². The van der Waals surface area contributed by atoms with Gasteiger partial charge in [-0.15, -0.1) is 0 Å². The van der Waals surface area contributed by atoms with E-state index < -0.39 is 0 Å². The van der Waals surface area contributed by atoms with Gasteiger partial charge in [0, 0.05) is 25.0 Å². The number of nitrogens with zero attached hydrogens (tertiary/aromatic N) is 3. The standard InChI is InChI=1S/C21H32N4O4/c1-21(2,3)17(14-26)22-20(27)18-15-6-5-7-16(28-4)19(15)25(23-18)9-8-24-10-12-29-13-11-24/h5-7,17,26H,8-14H2,1-4H3,(H,22,27). The third-order valence-corrected chi connectivity index (χ3v) is 5.43. The number of aromatic nitrogens is 2. The molecule has 2 heterocycles. The number of amides is 1. The second-order valence-electron chi connectivity index (χ2n) is 8.46. The molecule has 0 spiro atoms. The number of benzene rings is 1. The van der Waals surface area contributed by atoms with Gasteiger partial charge in [-0.1, -0.05) is 32.9 Å². The molecule has 1 aromatic carbocycles. The van der Waals surface area contributed by atoms with E-state index in [0.29, 0.717) is 18.0 Å². The van der Waals surface area contributed by atoms with Crippen LogP contribution in [-0.2, 0) is 11.3 Å². The Morgan fingerprint density at radius 1 is 1.31 bits per heavy atom. The van der Waals surface area contributed by atoms with Gasteiger partial charge in [0.1, 0.15) is 11.3 Å². The van der Waals surface area contributed by atoms with Gasteiger partial charge in [-0.2, -0.15) is 5.10 Å². The van der Waals surface area contributed by atoms with Gasteiger partial charge >= 0.3 is 0 Å². The Kier molecular flexibility index (Phi) is 6.77. The molecule has 1 fully saturated rings. The summed E-state index contributed by atoms with van der Waals surface area (Å²) >= 11 is 0. The highest BCUT2D eigenvalue weighted by Gasteiger charge is 2.28. The second kappa shape index (κ2) is 9.11. The number of nitrogens with one attached hydrogen (secondary N) is 1. The Balaban J connectivity index is 1.90. The molecule has 2 aromatic rings. The van der Waals surface area contributed by atoms with Gasteiger partial charge in [0.2, 0.25) is 0 Å². The average Bonchev–Trinajstić information content (AvgIpc) is 3.09. The van der Waals surface area contributed by atoms with Gasteiger partial charge in [0.15, 0.2) is 5.69 Å². The molecule has 1 unspecified atom stereocenters. The molecule has 2 N–H and O–H groups in total. The van der Waals surface area contributed by atoms with E-state index >= 15 is 0 Å². The van der Waals surface area contributed by atoms with Gasteiger partial charge in [-0.3, -0.25) is 14.4 Å². The van der Waals surface area contributed by atoms with Crippen LogP contribution in [0.5, 0.6) is 5.75 Å². The first-order valence-electron chi connectivity index (χ1n) is 10.1. The monoisotopic (exact) mass is 404 g/mol. The fourth-order valence-electron chi connectivity index (χ4n) is 3.52. The van der Waals surface area contributed by atoms with E-state index in [2.05, 4.69) is 15.3 Å². The zero-order valence-corrected chi connectivity index (χ0v) is 17.8. The minimum absolute atomic E-state index is 0.131. The Labute approximate surface area is 171 Å². The van der Waals surface area contributed by atoms with E-state index in [-0.39, 0.29) is 24.0 Å². The maximum atomic E-state index is 13.0. The van der Waals surface area contributed by atoms with E-state index in [4.69, 9.17) is 9.47 Å². The van der Waals surface area contributed by atoms with Crippen molar-refractivity contribution < 1.29 is 19.4 Å². The highest BCUT2D eigenvalue weighted by Crippen LogP contribution is 2.28. The number of hydrogen-bond donors (Lipinski definition) is 2. The third kappa shape index (κ3) is 4.88. The van der Waals surface area contributed by atoms with E-state index in [0.717, 1.165) is 43.8 Å². The average molecular weight is 405 g/mol. The van der Waals surface area contributed by atoms with Crippen LogP contribution in [0.3, 0.4) is 0 Å². The van der Waals surface area contributed by atoms with Crippen molar-refractivity contribution >= 4 is 16.8 Å². The largest absolute Gasteiger partial charge is 0.494 e. The van der Waals surface area contributed by atoms with E-state index in [1.807, 2.05) is 43.7 Å². The number of morpholine rings is 1. The molecule has 1 atom stereocenters. The van der Waals surface area contributed by atoms with Gasteiger partial charge in [0.05, 0.1) is 39.5 Å². The van der Waals surface area contributed by atoms with Crippen molar-refractivity contribution in [2.75, 3.05) is 46.6 Å². The second-order valence-corrected chi connectivity index (χ2v) is 8.46. The summed E-state index contributed by atoms with van der Waals surface area (Å²) in [4.78, 5) is 15.4. The Morgan fingerprint density at radius 3 is 2.66 bits per heavy atom. The normalized spacial score (nSPS) is 16.7. The summed E-state index contributed by atoms with van der Waals surface area (Å²) in [5.74, 6) is 0.396. The summed E-state index contributed by atoms with van der Waals surface area (Å²) in [7, 11) is 1.62. The van der Waals surface area contributed by atoms with E-state index in [1.54, 1.807) is 7.11 Å². The first kappa shape index (κ1) is 21.5. The molecule has 8 heteroatoms. The van der Waals surface area contributed by atoms with Gasteiger partial charge in [-0.25, -0.2) is 0 Å². The lowest BCUT2D eigenvalue weighted by Crippen LogP contribution is -2.46. The van der Waals surface area contributed by atoms with Crippen molar-refractivity contribution in [1.82, 2.24) is 20.0 Å². The quantitative estimate of drug-likeness (QED) is 0.727. The van der Waals surface area contributed by atoms with Crippen LogP contribution in [0.25, 0.3) is 10.9 Å². The number of fused-ring (bicyclic) bond motifs is 1. The molecule has 1 saturated heterocycles. The van der Waals surface area contributed by atoms with Crippen LogP contribution >= 0.6 is 0 Å². The molecule has 1 aliphatic rings. The van der Waals surface area contributed by atoms with Gasteiger partial charge in [0.25, 0.3) is 5.91 Å². The van der Waals surface area contributed by atoms with Gasteiger partial charge in [-0.05, 0) is 11.5 Å². The molecule has 1 amide bonds. The maximum absolute atomic E-state index is 13.0. The number of methoxy groups -OCH3 is 1. The number of rotatable bonds is 7. The SMILES string of the molecule is COc1cccc2c(C(=O)NC(CO)C(C)(C)C)nn(CCN3CCOCC3)c12. The summed E-state index contributed by atoms with van der Waals surface area (Å²) in [6.45, 7) is 10.6. The number of aliphatic hydroxyl groups is 1. The topological polar surface area (TPSA) is 88.8 Å². The molecule has 0 bridgehead atoms. The molecular weight excluding hydrogens is 372 g/mol. The highest BCUT2D eigenvalue weighted by atomic mass is 16.5.